The number of carboxylic acid groups (broad SMARTS) is 3. The van der Waals surface area contributed by atoms with Crippen molar-refractivity contribution in [2.45, 2.75) is 65.2 Å². The molecule has 168 valence electrons. The Morgan fingerprint density at radius 2 is 1.17 bits per heavy atom. The number of hydrogen-bond donors (Lipinski definition) is 3. The van der Waals surface area contributed by atoms with E-state index in [0.717, 1.165) is 25.7 Å². The van der Waals surface area contributed by atoms with Gasteiger partial charge in [0.15, 0.2) is 0 Å². The van der Waals surface area contributed by atoms with Gasteiger partial charge in [0.2, 0.25) is 5.91 Å². The second-order valence-electron chi connectivity index (χ2n) is 7.65. The van der Waals surface area contributed by atoms with Gasteiger partial charge in [-0.25, -0.2) is 0 Å². The number of aliphatic carboxylic acids is 3. The molecule has 0 aliphatic heterocycles. The van der Waals surface area contributed by atoms with Crippen molar-refractivity contribution < 1.29 is 34.5 Å². The van der Waals surface area contributed by atoms with Gasteiger partial charge in [-0.1, -0.05) is 33.1 Å². The highest BCUT2D eigenvalue weighted by Gasteiger charge is 2.17. The van der Waals surface area contributed by atoms with Crippen LogP contribution in [-0.4, -0.2) is 81.7 Å². The van der Waals surface area contributed by atoms with Crippen LogP contribution in [0.5, 0.6) is 0 Å². The highest BCUT2D eigenvalue weighted by atomic mass is 16.4. The van der Waals surface area contributed by atoms with Crippen molar-refractivity contribution >= 4 is 23.8 Å². The monoisotopic (exact) mass is 416 g/mol. The Bertz CT molecular complexity index is 505. The Balaban J connectivity index is 4.67. The molecule has 29 heavy (non-hydrogen) atoms. The number of carbonyl (C=O) groups excluding carboxylic acids is 1. The van der Waals surface area contributed by atoms with Gasteiger partial charge in [-0.2, -0.15) is 0 Å². The third-order valence-corrected chi connectivity index (χ3v) is 4.59. The normalized spacial score (nSPS) is 11.0. The first kappa shape index (κ1) is 26.8. The summed E-state index contributed by atoms with van der Waals surface area (Å²) in [5.41, 5.74) is 0. The lowest BCUT2D eigenvalue weighted by atomic mass is 10.0. The maximum Gasteiger partial charge on any atom is 0.305 e. The summed E-state index contributed by atoms with van der Waals surface area (Å²) in [6.45, 7) is 5.30. The summed E-state index contributed by atoms with van der Waals surface area (Å²) in [6.07, 6.45) is 3.79. The standard InChI is InChI=1S/C20H36N2O7/c1-16(2)6-4-3-5-7-17(23)22(13-10-20(28)29)15-14-21(11-8-18(24)25)12-9-19(26)27/h16H,3-15H2,1-2H3,(H,24,25)(H,26,27)(H,28,29). The summed E-state index contributed by atoms with van der Waals surface area (Å²) in [4.78, 5) is 48.2. The van der Waals surface area contributed by atoms with Gasteiger partial charge in [0.1, 0.15) is 0 Å². The second-order valence-corrected chi connectivity index (χ2v) is 7.65. The van der Waals surface area contributed by atoms with Crippen molar-refractivity contribution in [1.29, 1.82) is 0 Å². The van der Waals surface area contributed by atoms with Crippen molar-refractivity contribution in [2.24, 2.45) is 5.92 Å². The molecule has 1 amide bonds. The summed E-state index contributed by atoms with van der Waals surface area (Å²) < 4.78 is 0. The average molecular weight is 417 g/mol. The zero-order chi connectivity index (χ0) is 22.2. The lowest BCUT2D eigenvalue weighted by molar-refractivity contribution is -0.140. The van der Waals surface area contributed by atoms with Crippen LogP contribution in [0.4, 0.5) is 0 Å². The van der Waals surface area contributed by atoms with E-state index in [1.807, 2.05) is 0 Å². The molecule has 9 nitrogen and oxygen atoms in total. The molecule has 0 bridgehead atoms. The van der Waals surface area contributed by atoms with Gasteiger partial charge in [-0.15, -0.1) is 0 Å². The predicted molar refractivity (Wildman–Crippen MR) is 108 cm³/mol. The first-order valence-electron chi connectivity index (χ1n) is 10.3. The van der Waals surface area contributed by atoms with Gasteiger partial charge in [-0.05, 0) is 12.3 Å². The predicted octanol–water partition coefficient (Wildman–Crippen LogP) is 2.15. The molecular weight excluding hydrogens is 380 g/mol. The molecular formula is C20H36N2O7. The summed E-state index contributed by atoms with van der Waals surface area (Å²) in [6, 6.07) is 0. The first-order chi connectivity index (χ1) is 13.6. The third-order valence-electron chi connectivity index (χ3n) is 4.59. The fraction of sp³-hybridized carbons (Fsp3) is 0.800. The lowest BCUT2D eigenvalue weighted by Gasteiger charge is -2.27. The van der Waals surface area contributed by atoms with E-state index in [1.165, 1.54) is 4.90 Å². The molecule has 0 rings (SSSR count). The molecule has 3 N–H and O–H groups in total. The Labute approximate surface area is 172 Å². The first-order valence-corrected chi connectivity index (χ1v) is 10.3. The minimum atomic E-state index is -0.992. The van der Waals surface area contributed by atoms with Crippen molar-refractivity contribution in [3.05, 3.63) is 0 Å². The SMILES string of the molecule is CC(C)CCCCCC(=O)N(CCC(=O)O)CCN(CCC(=O)O)CCC(=O)O. The molecule has 0 aromatic heterocycles. The van der Waals surface area contributed by atoms with Crippen LogP contribution in [0.2, 0.25) is 0 Å². The number of carboxylic acids is 3. The highest BCUT2D eigenvalue weighted by molar-refractivity contribution is 5.77. The van der Waals surface area contributed by atoms with Crippen molar-refractivity contribution in [2.75, 3.05) is 32.7 Å². The Kier molecular flexibility index (Phi) is 14.6. The van der Waals surface area contributed by atoms with Crippen LogP contribution in [0, 0.1) is 5.92 Å². The van der Waals surface area contributed by atoms with Crippen molar-refractivity contribution in [3.63, 3.8) is 0 Å². The molecule has 0 aliphatic carbocycles. The molecule has 0 radical (unpaired) electrons. The summed E-state index contributed by atoms with van der Waals surface area (Å²) in [7, 11) is 0. The van der Waals surface area contributed by atoms with Gasteiger partial charge in [0, 0.05) is 39.1 Å². The Morgan fingerprint density at radius 1 is 0.655 bits per heavy atom. The molecule has 0 spiro atoms. The van der Waals surface area contributed by atoms with Gasteiger partial charge in [0.25, 0.3) is 0 Å². The molecule has 0 aromatic rings. The van der Waals surface area contributed by atoms with E-state index in [2.05, 4.69) is 13.8 Å². The van der Waals surface area contributed by atoms with Gasteiger partial charge in [-0.3, -0.25) is 19.2 Å². The topological polar surface area (TPSA) is 135 Å². The van der Waals surface area contributed by atoms with Crippen LogP contribution in [-0.2, 0) is 19.2 Å². The number of nitrogens with zero attached hydrogens (tertiary/aromatic N) is 2. The molecule has 0 atom stereocenters. The molecule has 0 saturated carbocycles. The molecule has 9 heteroatoms. The zero-order valence-electron chi connectivity index (χ0n) is 17.6. The van der Waals surface area contributed by atoms with Crippen molar-refractivity contribution in [1.82, 2.24) is 9.80 Å². The summed E-state index contributed by atoms with van der Waals surface area (Å²) >= 11 is 0. The van der Waals surface area contributed by atoms with Gasteiger partial charge in [0.05, 0.1) is 19.3 Å². The maximum absolute atomic E-state index is 12.5. The fourth-order valence-corrected chi connectivity index (χ4v) is 2.86. The molecule has 0 unspecified atom stereocenters. The molecule has 0 saturated heterocycles. The van der Waals surface area contributed by atoms with Gasteiger partial charge >= 0.3 is 17.9 Å². The van der Waals surface area contributed by atoms with Crippen LogP contribution in [0.1, 0.15) is 65.2 Å². The summed E-state index contributed by atoms with van der Waals surface area (Å²) in [5, 5.41) is 26.6. The third kappa shape index (κ3) is 16.5. The zero-order valence-corrected chi connectivity index (χ0v) is 17.6. The minimum absolute atomic E-state index is 0.0891. The lowest BCUT2D eigenvalue weighted by Crippen LogP contribution is -2.41. The average Bonchev–Trinajstić information content (AvgIpc) is 2.61. The minimum Gasteiger partial charge on any atom is -0.481 e. The van der Waals surface area contributed by atoms with E-state index in [4.69, 9.17) is 15.3 Å². The fourth-order valence-electron chi connectivity index (χ4n) is 2.86. The molecule has 0 fully saturated rings. The van der Waals surface area contributed by atoms with E-state index in [0.29, 0.717) is 18.9 Å². The largest absolute Gasteiger partial charge is 0.481 e. The van der Waals surface area contributed by atoms with E-state index in [1.54, 1.807) is 4.90 Å². The Morgan fingerprint density at radius 3 is 1.66 bits per heavy atom. The molecule has 0 aliphatic rings. The van der Waals surface area contributed by atoms with E-state index >= 15 is 0 Å². The van der Waals surface area contributed by atoms with E-state index < -0.39 is 17.9 Å². The molecule has 0 heterocycles. The van der Waals surface area contributed by atoms with Gasteiger partial charge < -0.3 is 25.1 Å². The van der Waals surface area contributed by atoms with Crippen LogP contribution < -0.4 is 0 Å². The maximum atomic E-state index is 12.5. The number of hydrogen-bond acceptors (Lipinski definition) is 5. The smallest absolute Gasteiger partial charge is 0.305 e. The summed E-state index contributed by atoms with van der Waals surface area (Å²) in [5.74, 6) is -2.45. The molecule has 0 aromatic carbocycles. The number of carbonyl (C=O) groups is 4. The Hall–Kier alpha value is -2.16. The van der Waals surface area contributed by atoms with Crippen LogP contribution >= 0.6 is 0 Å². The van der Waals surface area contributed by atoms with Crippen LogP contribution in [0.25, 0.3) is 0 Å². The van der Waals surface area contributed by atoms with Crippen LogP contribution in [0.3, 0.4) is 0 Å². The highest BCUT2D eigenvalue weighted by Crippen LogP contribution is 2.11. The number of amides is 1. The number of rotatable bonds is 18. The van der Waals surface area contributed by atoms with Crippen LogP contribution in [0.15, 0.2) is 0 Å². The second kappa shape index (κ2) is 15.7. The quantitative estimate of drug-likeness (QED) is 0.289. The number of unbranched alkanes of at least 4 members (excludes halogenated alkanes) is 2. The van der Waals surface area contributed by atoms with Crippen molar-refractivity contribution in [3.8, 4) is 0 Å². The van der Waals surface area contributed by atoms with E-state index in [-0.39, 0.29) is 51.3 Å². The van der Waals surface area contributed by atoms with E-state index in [9.17, 15) is 19.2 Å².